The molecule has 1 aliphatic rings. The zero-order valence-electron chi connectivity index (χ0n) is 11.6. The maximum Gasteiger partial charge on any atom is 0.322 e. The van der Waals surface area contributed by atoms with Crippen LogP contribution in [0.2, 0.25) is 0 Å². The summed E-state index contributed by atoms with van der Waals surface area (Å²) >= 11 is 0. The third kappa shape index (κ3) is 2.73. The minimum Gasteiger partial charge on any atom is -0.430 e. The molecule has 0 spiro atoms. The second kappa shape index (κ2) is 5.18. The van der Waals surface area contributed by atoms with Gasteiger partial charge in [-0.1, -0.05) is 30.3 Å². The molecule has 0 bridgehead atoms. The van der Waals surface area contributed by atoms with E-state index < -0.39 is 0 Å². The van der Waals surface area contributed by atoms with Crippen LogP contribution in [0.1, 0.15) is 18.5 Å². The van der Waals surface area contributed by atoms with Crippen LogP contribution in [-0.4, -0.2) is 20.8 Å². The molecule has 2 heterocycles. The molecule has 0 radical (unpaired) electrons. The number of benzene rings is 1. The highest BCUT2D eigenvalue weighted by Crippen LogP contribution is 2.21. The smallest absolute Gasteiger partial charge is 0.322 e. The summed E-state index contributed by atoms with van der Waals surface area (Å²) in [5, 5.41) is 7.74. The zero-order chi connectivity index (χ0) is 14.1. The van der Waals surface area contributed by atoms with Crippen LogP contribution in [0.3, 0.4) is 0 Å². The van der Waals surface area contributed by atoms with Gasteiger partial charge in [0.2, 0.25) is 0 Å². The lowest BCUT2D eigenvalue weighted by atomic mass is 10.1. The summed E-state index contributed by atoms with van der Waals surface area (Å²) in [5.74, 6) is 0. The highest BCUT2D eigenvalue weighted by Gasteiger charge is 2.20. The first-order valence-electron chi connectivity index (χ1n) is 7.17. The molecular formula is C16H16N4O. The van der Waals surface area contributed by atoms with Crippen LogP contribution in [0, 0.1) is 0 Å². The van der Waals surface area contributed by atoms with Gasteiger partial charge in [-0.2, -0.15) is 14.8 Å². The van der Waals surface area contributed by atoms with Gasteiger partial charge >= 0.3 is 6.01 Å². The van der Waals surface area contributed by atoms with Gasteiger partial charge in [0.1, 0.15) is 6.26 Å². The van der Waals surface area contributed by atoms with Crippen molar-refractivity contribution in [2.45, 2.75) is 25.4 Å². The molecule has 0 aliphatic heterocycles. The Balaban J connectivity index is 1.52. The zero-order valence-corrected chi connectivity index (χ0v) is 11.6. The fourth-order valence-corrected chi connectivity index (χ4v) is 2.23. The summed E-state index contributed by atoms with van der Waals surface area (Å²) in [7, 11) is 0. The first-order chi connectivity index (χ1) is 10.4. The number of nitrogens with zero attached hydrogens (tertiary/aromatic N) is 3. The molecule has 3 aromatic rings. The number of oxazole rings is 1. The SMILES string of the molecule is c1ccc(-c2cnn(-c3nc(CNC4CC4)co3)c2)cc1. The van der Waals surface area contributed by atoms with E-state index >= 15 is 0 Å². The summed E-state index contributed by atoms with van der Waals surface area (Å²) in [6.45, 7) is 0.751. The van der Waals surface area contributed by atoms with Crippen LogP contribution in [0.15, 0.2) is 53.4 Å². The maximum atomic E-state index is 5.50. The van der Waals surface area contributed by atoms with Crippen molar-refractivity contribution in [3.8, 4) is 17.1 Å². The van der Waals surface area contributed by atoms with E-state index in [0.717, 1.165) is 23.4 Å². The van der Waals surface area contributed by atoms with Crippen LogP contribution in [0.5, 0.6) is 0 Å². The Hall–Kier alpha value is -2.40. The van der Waals surface area contributed by atoms with Crippen molar-refractivity contribution in [1.82, 2.24) is 20.1 Å². The highest BCUT2D eigenvalue weighted by atomic mass is 16.4. The maximum absolute atomic E-state index is 5.50. The van der Waals surface area contributed by atoms with Crippen LogP contribution >= 0.6 is 0 Å². The molecule has 0 amide bonds. The quantitative estimate of drug-likeness (QED) is 0.780. The van der Waals surface area contributed by atoms with Gasteiger partial charge in [0.25, 0.3) is 0 Å². The Morgan fingerprint density at radius 1 is 1.19 bits per heavy atom. The van der Waals surface area contributed by atoms with Crippen LogP contribution in [-0.2, 0) is 6.54 Å². The Kier molecular flexibility index (Phi) is 3.05. The number of nitrogens with one attached hydrogen (secondary N) is 1. The lowest BCUT2D eigenvalue weighted by molar-refractivity contribution is 0.509. The van der Waals surface area contributed by atoms with Crippen molar-refractivity contribution in [2.24, 2.45) is 0 Å². The Labute approximate surface area is 122 Å². The number of aromatic nitrogens is 3. The van der Waals surface area contributed by atoms with Gasteiger partial charge in [-0.05, 0) is 18.4 Å². The second-order valence-electron chi connectivity index (χ2n) is 5.32. The molecule has 106 valence electrons. The van der Waals surface area contributed by atoms with Crippen molar-refractivity contribution in [2.75, 3.05) is 0 Å². The van der Waals surface area contributed by atoms with E-state index in [2.05, 4.69) is 27.5 Å². The molecule has 5 nitrogen and oxygen atoms in total. The largest absolute Gasteiger partial charge is 0.430 e. The van der Waals surface area contributed by atoms with Crippen molar-refractivity contribution in [3.63, 3.8) is 0 Å². The predicted octanol–water partition coefficient (Wildman–Crippen LogP) is 2.78. The summed E-state index contributed by atoms with van der Waals surface area (Å²) in [5.41, 5.74) is 3.09. The number of hydrogen-bond donors (Lipinski definition) is 1. The second-order valence-corrected chi connectivity index (χ2v) is 5.32. The normalized spacial score (nSPS) is 14.5. The van der Waals surface area contributed by atoms with Gasteiger partial charge in [-0.15, -0.1) is 0 Å². The van der Waals surface area contributed by atoms with Gasteiger partial charge < -0.3 is 9.73 Å². The van der Waals surface area contributed by atoms with E-state index in [4.69, 9.17) is 4.42 Å². The molecule has 1 saturated carbocycles. The average molecular weight is 280 g/mol. The summed E-state index contributed by atoms with van der Waals surface area (Å²) in [6.07, 6.45) is 7.98. The molecule has 4 rings (SSSR count). The van der Waals surface area contributed by atoms with Crippen molar-refractivity contribution >= 4 is 0 Å². The molecule has 1 aliphatic carbocycles. The summed E-state index contributed by atoms with van der Waals surface area (Å²) in [6, 6.07) is 11.3. The minimum absolute atomic E-state index is 0.504. The third-order valence-corrected chi connectivity index (χ3v) is 3.57. The molecule has 5 heteroatoms. The Morgan fingerprint density at radius 3 is 2.86 bits per heavy atom. The molecule has 1 aromatic carbocycles. The van der Waals surface area contributed by atoms with Gasteiger partial charge in [0, 0.05) is 24.3 Å². The van der Waals surface area contributed by atoms with E-state index in [1.807, 2.05) is 30.6 Å². The summed E-state index contributed by atoms with van der Waals surface area (Å²) < 4.78 is 7.17. The van der Waals surface area contributed by atoms with Crippen LogP contribution in [0.4, 0.5) is 0 Å². The van der Waals surface area contributed by atoms with E-state index in [1.165, 1.54) is 12.8 Å². The van der Waals surface area contributed by atoms with Crippen LogP contribution < -0.4 is 5.32 Å². The van der Waals surface area contributed by atoms with E-state index in [0.29, 0.717) is 12.1 Å². The average Bonchev–Trinajstić information content (AvgIpc) is 3.03. The van der Waals surface area contributed by atoms with Crippen molar-refractivity contribution in [3.05, 3.63) is 54.7 Å². The predicted molar refractivity (Wildman–Crippen MR) is 78.9 cm³/mol. The molecule has 21 heavy (non-hydrogen) atoms. The van der Waals surface area contributed by atoms with E-state index in [-0.39, 0.29) is 0 Å². The van der Waals surface area contributed by atoms with Gasteiger partial charge in [0.05, 0.1) is 11.9 Å². The number of rotatable bonds is 5. The van der Waals surface area contributed by atoms with Crippen molar-refractivity contribution < 1.29 is 4.42 Å². The molecule has 0 atom stereocenters. The van der Waals surface area contributed by atoms with Gasteiger partial charge in [0.15, 0.2) is 0 Å². The minimum atomic E-state index is 0.504. The molecule has 1 N–H and O–H groups in total. The molecule has 0 unspecified atom stereocenters. The number of hydrogen-bond acceptors (Lipinski definition) is 4. The molecule has 1 fully saturated rings. The molecular weight excluding hydrogens is 264 g/mol. The monoisotopic (exact) mass is 280 g/mol. The van der Waals surface area contributed by atoms with E-state index in [9.17, 15) is 0 Å². The van der Waals surface area contributed by atoms with Crippen molar-refractivity contribution in [1.29, 1.82) is 0 Å². The first-order valence-corrected chi connectivity index (χ1v) is 7.17. The lowest BCUT2D eigenvalue weighted by Crippen LogP contribution is -2.15. The molecule has 0 saturated heterocycles. The topological polar surface area (TPSA) is 55.9 Å². The first kappa shape index (κ1) is 12.3. The fourth-order valence-electron chi connectivity index (χ4n) is 2.23. The van der Waals surface area contributed by atoms with Crippen LogP contribution in [0.25, 0.3) is 17.1 Å². The third-order valence-electron chi connectivity index (χ3n) is 3.57. The van der Waals surface area contributed by atoms with Gasteiger partial charge in [-0.25, -0.2) is 0 Å². The fraction of sp³-hybridized carbons (Fsp3) is 0.250. The summed E-state index contributed by atoms with van der Waals surface area (Å²) in [4.78, 5) is 4.46. The Morgan fingerprint density at radius 2 is 2.05 bits per heavy atom. The Bertz CT molecular complexity index is 728. The van der Waals surface area contributed by atoms with E-state index in [1.54, 1.807) is 10.9 Å². The highest BCUT2D eigenvalue weighted by molar-refractivity contribution is 5.61. The molecule has 2 aromatic heterocycles. The lowest BCUT2D eigenvalue weighted by Gasteiger charge is -1.96. The standard InChI is InChI=1S/C16H16N4O/c1-2-4-12(5-3-1)13-8-18-20(10-13)16-19-15(11-21-16)9-17-14-6-7-14/h1-5,8,10-11,14,17H,6-7,9H2. The van der Waals surface area contributed by atoms with Gasteiger partial charge in [-0.3, -0.25) is 0 Å².